The second-order valence-corrected chi connectivity index (χ2v) is 5.40. The molecule has 2 heterocycles. The van der Waals surface area contributed by atoms with Crippen molar-refractivity contribution in [1.82, 2.24) is 15.0 Å². The Kier molecular flexibility index (Phi) is 3.49. The van der Waals surface area contributed by atoms with Crippen LogP contribution in [0.4, 0.5) is 0 Å². The molecule has 1 aromatic carbocycles. The van der Waals surface area contributed by atoms with Crippen molar-refractivity contribution in [3.8, 4) is 6.07 Å². The summed E-state index contributed by atoms with van der Waals surface area (Å²) in [6.07, 6.45) is 1.90. The van der Waals surface area contributed by atoms with Crippen molar-refractivity contribution in [2.24, 2.45) is 0 Å². The van der Waals surface area contributed by atoms with E-state index in [4.69, 9.17) is 10.00 Å². The fourth-order valence-corrected chi connectivity index (χ4v) is 2.83. The number of aromatic nitrogens is 3. The molecular weight excluding hydrogens is 260 g/mol. The van der Waals surface area contributed by atoms with E-state index in [1.54, 1.807) is 22.5 Å². The molecule has 1 atom stereocenters. The molecule has 2 aromatic rings. The van der Waals surface area contributed by atoms with E-state index in [-0.39, 0.29) is 5.44 Å². The molecule has 0 spiro atoms. The minimum Gasteiger partial charge on any atom is -0.360 e. The summed E-state index contributed by atoms with van der Waals surface area (Å²) in [6.45, 7) is 1.38. The molecule has 0 bridgehead atoms. The first kappa shape index (κ1) is 12.2. The van der Waals surface area contributed by atoms with Gasteiger partial charge < -0.3 is 4.74 Å². The zero-order chi connectivity index (χ0) is 13.1. The molecule has 6 heteroatoms. The Morgan fingerprint density at radius 1 is 1.53 bits per heavy atom. The minimum atomic E-state index is 0.0131. The lowest BCUT2D eigenvalue weighted by atomic mass is 10.1. The molecule has 96 valence electrons. The molecular formula is C13H12N4OS. The third-order valence-electron chi connectivity index (χ3n) is 2.82. The Balaban J connectivity index is 1.74. The quantitative estimate of drug-likeness (QED) is 0.854. The van der Waals surface area contributed by atoms with Crippen LogP contribution in [0.1, 0.15) is 22.3 Å². The van der Waals surface area contributed by atoms with E-state index in [0.717, 1.165) is 23.6 Å². The molecule has 0 aliphatic carbocycles. The van der Waals surface area contributed by atoms with Crippen molar-refractivity contribution in [1.29, 1.82) is 5.26 Å². The van der Waals surface area contributed by atoms with E-state index < -0.39 is 0 Å². The van der Waals surface area contributed by atoms with E-state index in [1.807, 2.05) is 24.4 Å². The lowest BCUT2D eigenvalue weighted by Crippen LogP contribution is -2.00. The van der Waals surface area contributed by atoms with Crippen LogP contribution in [-0.2, 0) is 11.3 Å². The van der Waals surface area contributed by atoms with Gasteiger partial charge in [0.1, 0.15) is 11.1 Å². The van der Waals surface area contributed by atoms with Gasteiger partial charge >= 0.3 is 0 Å². The van der Waals surface area contributed by atoms with E-state index in [0.29, 0.717) is 12.1 Å². The highest BCUT2D eigenvalue weighted by Gasteiger charge is 2.21. The van der Waals surface area contributed by atoms with E-state index in [9.17, 15) is 0 Å². The van der Waals surface area contributed by atoms with Crippen LogP contribution in [0.25, 0.3) is 0 Å². The average Bonchev–Trinajstić information content (AvgIpc) is 3.09. The Bertz CT molecular complexity index is 613. The van der Waals surface area contributed by atoms with Crippen LogP contribution in [0.2, 0.25) is 0 Å². The van der Waals surface area contributed by atoms with Crippen molar-refractivity contribution >= 4 is 11.8 Å². The molecule has 0 radical (unpaired) electrons. The maximum Gasteiger partial charge on any atom is 0.148 e. The van der Waals surface area contributed by atoms with Gasteiger partial charge in [-0.05, 0) is 17.7 Å². The zero-order valence-electron chi connectivity index (χ0n) is 10.2. The van der Waals surface area contributed by atoms with E-state index in [1.165, 1.54) is 0 Å². The van der Waals surface area contributed by atoms with Gasteiger partial charge in [-0.3, -0.25) is 0 Å². The molecule has 3 rings (SSSR count). The molecule has 0 N–H and O–H groups in total. The summed E-state index contributed by atoms with van der Waals surface area (Å²) in [4.78, 5) is 0. The van der Waals surface area contributed by atoms with Crippen LogP contribution in [0.5, 0.6) is 0 Å². The van der Waals surface area contributed by atoms with Crippen LogP contribution in [0, 0.1) is 11.3 Å². The molecule has 1 aliphatic rings. The number of ether oxygens (including phenoxy) is 1. The smallest absolute Gasteiger partial charge is 0.148 e. The molecule has 0 saturated carbocycles. The van der Waals surface area contributed by atoms with Crippen LogP contribution in [0.15, 0.2) is 30.5 Å². The number of benzene rings is 1. The second-order valence-electron chi connectivity index (χ2n) is 4.23. The lowest BCUT2D eigenvalue weighted by molar-refractivity contribution is 0.142. The summed E-state index contributed by atoms with van der Waals surface area (Å²) in [6, 6.07) is 9.64. The van der Waals surface area contributed by atoms with Gasteiger partial charge in [0.05, 0.1) is 31.0 Å². The second kappa shape index (κ2) is 5.43. The van der Waals surface area contributed by atoms with Gasteiger partial charge in [0.2, 0.25) is 0 Å². The lowest BCUT2D eigenvalue weighted by Gasteiger charge is -2.03. The maximum atomic E-state index is 8.87. The van der Waals surface area contributed by atoms with Crippen molar-refractivity contribution < 1.29 is 4.74 Å². The number of nitriles is 1. The SMILES string of the molecule is N#Cc1cccc(Cn2cc([C@@H]3OCCS3)nn2)c1. The fourth-order valence-electron chi connectivity index (χ4n) is 1.95. The average molecular weight is 272 g/mol. The van der Waals surface area contributed by atoms with Crippen molar-refractivity contribution in [2.45, 2.75) is 12.0 Å². The summed E-state index contributed by atoms with van der Waals surface area (Å²) < 4.78 is 7.32. The number of thioether (sulfide) groups is 1. The highest BCUT2D eigenvalue weighted by molar-refractivity contribution is 7.99. The summed E-state index contributed by atoms with van der Waals surface area (Å²) in [5.74, 6) is 1.00. The zero-order valence-corrected chi connectivity index (χ0v) is 11.0. The molecule has 1 saturated heterocycles. The molecule has 19 heavy (non-hydrogen) atoms. The molecule has 5 nitrogen and oxygen atoms in total. The normalized spacial score (nSPS) is 18.4. The highest BCUT2D eigenvalue weighted by atomic mass is 32.2. The first-order chi connectivity index (χ1) is 9.35. The van der Waals surface area contributed by atoms with Crippen molar-refractivity contribution in [2.75, 3.05) is 12.4 Å². The molecule has 0 unspecified atom stereocenters. The molecule has 1 aliphatic heterocycles. The monoisotopic (exact) mass is 272 g/mol. The minimum absolute atomic E-state index is 0.0131. The molecule has 0 amide bonds. The third-order valence-corrected chi connectivity index (χ3v) is 3.90. The predicted octanol–water partition coefficient (Wildman–Crippen LogP) is 1.96. The van der Waals surface area contributed by atoms with Gasteiger partial charge in [-0.15, -0.1) is 16.9 Å². The van der Waals surface area contributed by atoms with E-state index >= 15 is 0 Å². The van der Waals surface area contributed by atoms with E-state index in [2.05, 4.69) is 16.4 Å². The Labute approximate surface area is 115 Å². The maximum absolute atomic E-state index is 8.87. The van der Waals surface area contributed by atoms with Gasteiger partial charge in [-0.1, -0.05) is 17.3 Å². The third kappa shape index (κ3) is 2.78. The van der Waals surface area contributed by atoms with Gasteiger partial charge in [0.15, 0.2) is 0 Å². The van der Waals surface area contributed by atoms with Crippen molar-refractivity contribution in [3.05, 3.63) is 47.3 Å². The van der Waals surface area contributed by atoms with Crippen LogP contribution >= 0.6 is 11.8 Å². The number of hydrogen-bond acceptors (Lipinski definition) is 5. The van der Waals surface area contributed by atoms with Gasteiger partial charge in [-0.2, -0.15) is 5.26 Å². The Hall–Kier alpha value is -1.84. The highest BCUT2D eigenvalue weighted by Crippen LogP contribution is 2.33. The first-order valence-corrected chi connectivity index (χ1v) is 7.02. The summed E-state index contributed by atoms with van der Waals surface area (Å²) in [5.41, 5.74) is 2.57. The van der Waals surface area contributed by atoms with Crippen LogP contribution in [0.3, 0.4) is 0 Å². The van der Waals surface area contributed by atoms with Gasteiger partial charge in [0, 0.05) is 5.75 Å². The van der Waals surface area contributed by atoms with Crippen molar-refractivity contribution in [3.63, 3.8) is 0 Å². The standard InChI is InChI=1S/C13H12N4OS/c14-7-10-2-1-3-11(6-10)8-17-9-12(15-16-17)13-18-4-5-19-13/h1-3,6,9,13H,4-5,8H2/t13-/m1/s1. The topological polar surface area (TPSA) is 63.7 Å². The number of hydrogen-bond donors (Lipinski definition) is 0. The van der Waals surface area contributed by atoms with Crippen LogP contribution in [-0.4, -0.2) is 27.4 Å². The number of nitrogens with zero attached hydrogens (tertiary/aromatic N) is 4. The van der Waals surface area contributed by atoms with Gasteiger partial charge in [-0.25, -0.2) is 4.68 Å². The Morgan fingerprint density at radius 2 is 2.47 bits per heavy atom. The Morgan fingerprint density at radius 3 is 3.26 bits per heavy atom. The van der Waals surface area contributed by atoms with Gasteiger partial charge in [0.25, 0.3) is 0 Å². The predicted molar refractivity (Wildman–Crippen MR) is 71.4 cm³/mol. The van der Waals surface area contributed by atoms with Crippen LogP contribution < -0.4 is 0 Å². The number of rotatable bonds is 3. The largest absolute Gasteiger partial charge is 0.360 e. The molecule has 1 fully saturated rings. The fraction of sp³-hybridized carbons (Fsp3) is 0.308. The summed E-state index contributed by atoms with van der Waals surface area (Å²) >= 11 is 1.74. The summed E-state index contributed by atoms with van der Waals surface area (Å²) in [7, 11) is 0. The summed E-state index contributed by atoms with van der Waals surface area (Å²) in [5, 5.41) is 17.1. The molecule has 1 aromatic heterocycles. The first-order valence-electron chi connectivity index (χ1n) is 5.97.